The monoisotopic (exact) mass is 412 g/mol. The lowest BCUT2D eigenvalue weighted by Gasteiger charge is -2.26. The molecule has 1 atom stereocenters. The SMILES string of the molecule is Cc1ccccc1CC[C@H]1Cc2cc(NC(=O)C(C)(C)C)c(Cl)cc2CCN1C. The van der Waals surface area contributed by atoms with Gasteiger partial charge in [0.1, 0.15) is 0 Å². The second-order valence-corrected chi connectivity index (χ2v) is 9.77. The van der Waals surface area contributed by atoms with Crippen molar-refractivity contribution in [2.45, 2.75) is 59.4 Å². The van der Waals surface area contributed by atoms with Crippen LogP contribution in [0.25, 0.3) is 0 Å². The summed E-state index contributed by atoms with van der Waals surface area (Å²) in [6.07, 6.45) is 4.17. The third-order valence-corrected chi connectivity index (χ3v) is 6.35. The van der Waals surface area contributed by atoms with Gasteiger partial charge in [0.15, 0.2) is 0 Å². The summed E-state index contributed by atoms with van der Waals surface area (Å²) < 4.78 is 0. The predicted octanol–water partition coefficient (Wildman–Crippen LogP) is 5.66. The predicted molar refractivity (Wildman–Crippen MR) is 123 cm³/mol. The number of hydrogen-bond acceptors (Lipinski definition) is 2. The molecule has 0 aromatic heterocycles. The number of halogens is 1. The number of nitrogens with one attached hydrogen (secondary N) is 1. The van der Waals surface area contributed by atoms with Crippen molar-refractivity contribution in [2.75, 3.05) is 18.9 Å². The Morgan fingerprint density at radius 3 is 2.62 bits per heavy atom. The Kier molecular flexibility index (Phi) is 6.70. The van der Waals surface area contributed by atoms with E-state index in [4.69, 9.17) is 11.6 Å². The lowest BCUT2D eigenvalue weighted by molar-refractivity contribution is -0.123. The van der Waals surface area contributed by atoms with Crippen LogP contribution in [0.4, 0.5) is 5.69 Å². The Labute approximate surface area is 180 Å². The van der Waals surface area contributed by atoms with Crippen LogP contribution < -0.4 is 5.32 Å². The molecule has 1 aliphatic heterocycles. The molecule has 1 aliphatic rings. The molecular weight excluding hydrogens is 380 g/mol. The van der Waals surface area contributed by atoms with E-state index >= 15 is 0 Å². The molecule has 2 aromatic carbocycles. The zero-order chi connectivity index (χ0) is 21.2. The quantitative estimate of drug-likeness (QED) is 0.702. The Bertz CT molecular complexity index is 885. The van der Waals surface area contributed by atoms with E-state index in [0.29, 0.717) is 11.1 Å². The van der Waals surface area contributed by atoms with Crippen molar-refractivity contribution < 1.29 is 4.79 Å². The first kappa shape index (κ1) is 21.9. The summed E-state index contributed by atoms with van der Waals surface area (Å²) in [5.74, 6) is -0.0128. The summed E-state index contributed by atoms with van der Waals surface area (Å²) in [5.41, 5.74) is 5.67. The normalized spacial score (nSPS) is 17.5. The first-order valence-corrected chi connectivity index (χ1v) is 10.9. The van der Waals surface area contributed by atoms with E-state index in [1.807, 2.05) is 26.8 Å². The maximum Gasteiger partial charge on any atom is 0.229 e. The van der Waals surface area contributed by atoms with Crippen molar-refractivity contribution in [3.63, 3.8) is 0 Å². The zero-order valence-electron chi connectivity index (χ0n) is 18.3. The Morgan fingerprint density at radius 1 is 1.21 bits per heavy atom. The number of aryl methyl sites for hydroxylation is 2. The average molecular weight is 413 g/mol. The largest absolute Gasteiger partial charge is 0.324 e. The van der Waals surface area contributed by atoms with Gasteiger partial charge in [-0.05, 0) is 74.0 Å². The fraction of sp³-hybridized carbons (Fsp3) is 0.480. The van der Waals surface area contributed by atoms with Gasteiger partial charge in [0.05, 0.1) is 10.7 Å². The number of anilines is 1. The second-order valence-electron chi connectivity index (χ2n) is 9.36. The number of hydrogen-bond donors (Lipinski definition) is 1. The molecule has 0 fully saturated rings. The van der Waals surface area contributed by atoms with Crippen molar-refractivity contribution in [3.05, 3.63) is 63.7 Å². The van der Waals surface area contributed by atoms with Gasteiger partial charge in [-0.3, -0.25) is 4.79 Å². The first-order valence-electron chi connectivity index (χ1n) is 10.5. The molecule has 1 heterocycles. The lowest BCUT2D eigenvalue weighted by Crippen LogP contribution is -2.33. The molecule has 29 heavy (non-hydrogen) atoms. The standard InChI is InChI=1S/C25H33ClN2O/c1-17-8-6-7-9-18(17)10-11-21-14-20-16-23(27-24(29)25(2,3)4)22(26)15-19(20)12-13-28(21)5/h6-9,15-16,21H,10-14H2,1-5H3,(H,27,29)/t21-/m0/s1. The highest BCUT2D eigenvalue weighted by Gasteiger charge is 2.25. The molecule has 0 aliphatic carbocycles. The summed E-state index contributed by atoms with van der Waals surface area (Å²) in [4.78, 5) is 14.9. The van der Waals surface area contributed by atoms with E-state index in [-0.39, 0.29) is 5.91 Å². The number of benzene rings is 2. The van der Waals surface area contributed by atoms with Crippen molar-refractivity contribution in [2.24, 2.45) is 5.41 Å². The minimum atomic E-state index is -0.452. The van der Waals surface area contributed by atoms with Gasteiger partial charge in [-0.15, -0.1) is 0 Å². The van der Waals surface area contributed by atoms with Crippen LogP contribution in [-0.2, 0) is 24.1 Å². The topological polar surface area (TPSA) is 32.3 Å². The van der Waals surface area contributed by atoms with Gasteiger partial charge >= 0.3 is 0 Å². The lowest BCUT2D eigenvalue weighted by atomic mass is 9.94. The summed E-state index contributed by atoms with van der Waals surface area (Å²) >= 11 is 6.51. The van der Waals surface area contributed by atoms with E-state index < -0.39 is 5.41 Å². The number of likely N-dealkylation sites (N-methyl/N-ethyl adjacent to an activating group) is 1. The van der Waals surface area contributed by atoms with Crippen molar-refractivity contribution in [1.29, 1.82) is 0 Å². The molecule has 2 aromatic rings. The molecular formula is C25H33ClN2O. The fourth-order valence-corrected chi connectivity index (χ4v) is 4.15. The van der Waals surface area contributed by atoms with E-state index in [1.165, 1.54) is 22.3 Å². The molecule has 0 bridgehead atoms. The number of rotatable bonds is 4. The van der Waals surface area contributed by atoms with Crippen LogP contribution in [0.2, 0.25) is 5.02 Å². The Morgan fingerprint density at radius 2 is 1.93 bits per heavy atom. The van der Waals surface area contributed by atoms with Crippen molar-refractivity contribution in [3.8, 4) is 0 Å². The van der Waals surface area contributed by atoms with E-state index in [1.54, 1.807) is 0 Å². The molecule has 4 heteroatoms. The minimum Gasteiger partial charge on any atom is -0.324 e. The summed E-state index contributed by atoms with van der Waals surface area (Å²) in [5, 5.41) is 3.65. The van der Waals surface area contributed by atoms with Crippen LogP contribution in [0.3, 0.4) is 0 Å². The van der Waals surface area contributed by atoms with Crippen LogP contribution in [0.5, 0.6) is 0 Å². The number of carbonyl (C=O) groups is 1. The molecule has 0 saturated heterocycles. The van der Waals surface area contributed by atoms with Crippen LogP contribution in [0.1, 0.15) is 49.4 Å². The number of carbonyl (C=O) groups excluding carboxylic acids is 1. The highest BCUT2D eigenvalue weighted by molar-refractivity contribution is 6.33. The van der Waals surface area contributed by atoms with Crippen molar-refractivity contribution in [1.82, 2.24) is 4.90 Å². The van der Waals surface area contributed by atoms with Crippen LogP contribution in [0, 0.1) is 12.3 Å². The van der Waals surface area contributed by atoms with E-state index in [9.17, 15) is 4.79 Å². The molecule has 156 valence electrons. The molecule has 1 amide bonds. The second kappa shape index (κ2) is 8.89. The average Bonchev–Trinajstić information content (AvgIpc) is 2.80. The Hall–Kier alpha value is -1.84. The third-order valence-electron chi connectivity index (χ3n) is 6.04. The number of nitrogens with zero attached hydrogens (tertiary/aromatic N) is 1. The molecule has 3 nitrogen and oxygen atoms in total. The molecule has 1 N–H and O–H groups in total. The van der Waals surface area contributed by atoms with Gasteiger partial charge < -0.3 is 10.2 Å². The zero-order valence-corrected chi connectivity index (χ0v) is 19.1. The fourth-order valence-electron chi connectivity index (χ4n) is 3.91. The number of amides is 1. The molecule has 0 saturated carbocycles. The molecule has 0 unspecified atom stereocenters. The van der Waals surface area contributed by atoms with Crippen LogP contribution >= 0.6 is 11.6 Å². The van der Waals surface area contributed by atoms with Crippen molar-refractivity contribution >= 4 is 23.2 Å². The summed E-state index contributed by atoms with van der Waals surface area (Å²) in [6, 6.07) is 13.3. The highest BCUT2D eigenvalue weighted by atomic mass is 35.5. The van der Waals surface area contributed by atoms with E-state index in [2.05, 4.69) is 54.5 Å². The van der Waals surface area contributed by atoms with E-state index in [0.717, 1.165) is 37.9 Å². The minimum absolute atomic E-state index is 0.0128. The maximum atomic E-state index is 12.5. The van der Waals surface area contributed by atoms with Crippen LogP contribution in [0.15, 0.2) is 36.4 Å². The Balaban J connectivity index is 1.79. The van der Waals surface area contributed by atoms with Gasteiger partial charge in [-0.2, -0.15) is 0 Å². The highest BCUT2D eigenvalue weighted by Crippen LogP contribution is 2.31. The van der Waals surface area contributed by atoms with Gasteiger partial charge in [0, 0.05) is 18.0 Å². The van der Waals surface area contributed by atoms with Gasteiger partial charge in [-0.1, -0.05) is 56.6 Å². The first-order chi connectivity index (χ1) is 13.6. The smallest absolute Gasteiger partial charge is 0.229 e. The molecule has 0 spiro atoms. The maximum absolute atomic E-state index is 12.5. The molecule has 3 rings (SSSR count). The van der Waals surface area contributed by atoms with Crippen LogP contribution in [-0.4, -0.2) is 30.4 Å². The van der Waals surface area contributed by atoms with Gasteiger partial charge in [-0.25, -0.2) is 0 Å². The number of fused-ring (bicyclic) bond motifs is 1. The summed E-state index contributed by atoms with van der Waals surface area (Å²) in [7, 11) is 2.22. The third kappa shape index (κ3) is 5.40. The molecule has 0 radical (unpaired) electrons. The van der Waals surface area contributed by atoms with Gasteiger partial charge in [0.2, 0.25) is 5.91 Å². The summed E-state index contributed by atoms with van der Waals surface area (Å²) in [6.45, 7) is 8.95. The van der Waals surface area contributed by atoms with Gasteiger partial charge in [0.25, 0.3) is 0 Å².